The van der Waals surface area contributed by atoms with Crippen LogP contribution in [0.3, 0.4) is 0 Å². The van der Waals surface area contributed by atoms with Crippen LogP contribution in [0.25, 0.3) is 0 Å². The lowest BCUT2D eigenvalue weighted by Gasteiger charge is -2.06. The van der Waals surface area contributed by atoms with E-state index < -0.39 is 0 Å². The third kappa shape index (κ3) is 8.05. The molecule has 0 fully saturated rings. The lowest BCUT2D eigenvalue weighted by atomic mass is 10.1. The van der Waals surface area contributed by atoms with Crippen LogP contribution in [0.5, 0.6) is 0 Å². The van der Waals surface area contributed by atoms with Crippen molar-refractivity contribution in [3.05, 3.63) is 33.8 Å². The van der Waals surface area contributed by atoms with Crippen LogP contribution >= 0.6 is 23.2 Å². The molecule has 4 heteroatoms. The van der Waals surface area contributed by atoms with E-state index in [1.165, 1.54) is 51.4 Å². The summed E-state index contributed by atoms with van der Waals surface area (Å²) in [6, 6.07) is 4.95. The maximum Gasteiger partial charge on any atom is 0.251 e. The van der Waals surface area contributed by atoms with Crippen LogP contribution in [0.4, 0.5) is 0 Å². The normalized spacial score (nSPS) is 10.7. The van der Waals surface area contributed by atoms with Gasteiger partial charge in [0.25, 0.3) is 5.91 Å². The molecule has 0 aromatic heterocycles. The Morgan fingerprint density at radius 3 is 2.09 bits per heavy atom. The molecule has 1 aromatic rings. The standard InChI is InChI=1S/C18H27Cl2NO/c1-2-3-4-5-6-7-8-9-10-13-21-18(22)15-11-12-16(19)17(20)14-15/h11-12,14H,2-10,13H2,1H3,(H,21,22). The molecular weight excluding hydrogens is 317 g/mol. The van der Waals surface area contributed by atoms with Crippen molar-refractivity contribution in [1.29, 1.82) is 0 Å². The molecule has 1 N–H and O–H groups in total. The molecule has 0 atom stereocenters. The number of nitrogens with one attached hydrogen (secondary N) is 1. The van der Waals surface area contributed by atoms with E-state index in [1.807, 2.05) is 0 Å². The van der Waals surface area contributed by atoms with Crippen molar-refractivity contribution in [3.63, 3.8) is 0 Å². The Morgan fingerprint density at radius 1 is 0.909 bits per heavy atom. The van der Waals surface area contributed by atoms with Crippen LogP contribution in [-0.2, 0) is 0 Å². The number of halogens is 2. The Kier molecular flexibility index (Phi) is 10.3. The lowest BCUT2D eigenvalue weighted by Crippen LogP contribution is -2.24. The van der Waals surface area contributed by atoms with E-state index in [2.05, 4.69) is 12.2 Å². The maximum absolute atomic E-state index is 11.9. The third-order valence-electron chi connectivity index (χ3n) is 3.75. The number of benzene rings is 1. The highest BCUT2D eigenvalue weighted by Gasteiger charge is 2.07. The minimum Gasteiger partial charge on any atom is -0.352 e. The smallest absolute Gasteiger partial charge is 0.251 e. The average Bonchev–Trinajstić information content (AvgIpc) is 2.51. The van der Waals surface area contributed by atoms with Crippen molar-refractivity contribution in [3.8, 4) is 0 Å². The Hall–Kier alpha value is -0.730. The van der Waals surface area contributed by atoms with Gasteiger partial charge in [0, 0.05) is 12.1 Å². The summed E-state index contributed by atoms with van der Waals surface area (Å²) in [6.45, 7) is 2.96. The summed E-state index contributed by atoms with van der Waals surface area (Å²) < 4.78 is 0. The van der Waals surface area contributed by atoms with E-state index in [9.17, 15) is 4.79 Å². The van der Waals surface area contributed by atoms with Crippen molar-refractivity contribution >= 4 is 29.1 Å². The lowest BCUT2D eigenvalue weighted by molar-refractivity contribution is 0.0953. The molecule has 0 aliphatic carbocycles. The zero-order chi connectivity index (χ0) is 16.2. The quantitative estimate of drug-likeness (QED) is 0.472. The van der Waals surface area contributed by atoms with Crippen LogP contribution in [-0.4, -0.2) is 12.5 Å². The number of hydrogen-bond donors (Lipinski definition) is 1. The first-order chi connectivity index (χ1) is 10.6. The van der Waals surface area contributed by atoms with Crippen molar-refractivity contribution in [2.24, 2.45) is 0 Å². The Morgan fingerprint density at radius 2 is 1.50 bits per heavy atom. The molecule has 0 unspecified atom stereocenters. The van der Waals surface area contributed by atoms with Gasteiger partial charge in [0.05, 0.1) is 10.0 Å². The fourth-order valence-corrected chi connectivity index (χ4v) is 2.68. The molecule has 1 aromatic carbocycles. The maximum atomic E-state index is 11.9. The minimum absolute atomic E-state index is 0.0851. The van der Waals surface area contributed by atoms with Crippen LogP contribution in [0.2, 0.25) is 10.0 Å². The summed E-state index contributed by atoms with van der Waals surface area (Å²) >= 11 is 11.7. The van der Waals surface area contributed by atoms with Crippen LogP contribution < -0.4 is 5.32 Å². The fraction of sp³-hybridized carbons (Fsp3) is 0.611. The largest absolute Gasteiger partial charge is 0.352 e. The summed E-state index contributed by atoms with van der Waals surface area (Å²) in [6.07, 6.45) is 11.5. The molecule has 1 rings (SSSR count). The second kappa shape index (κ2) is 11.8. The Balaban J connectivity index is 2.04. The van der Waals surface area contributed by atoms with E-state index in [0.717, 1.165) is 13.0 Å². The van der Waals surface area contributed by atoms with Crippen LogP contribution in [0.1, 0.15) is 75.1 Å². The molecule has 124 valence electrons. The van der Waals surface area contributed by atoms with Gasteiger partial charge in [0.1, 0.15) is 0 Å². The number of rotatable bonds is 11. The number of amides is 1. The Labute approximate surface area is 144 Å². The number of unbranched alkanes of at least 4 members (excludes halogenated alkanes) is 8. The summed E-state index contributed by atoms with van der Waals surface area (Å²) in [7, 11) is 0. The van der Waals surface area contributed by atoms with Gasteiger partial charge >= 0.3 is 0 Å². The number of carbonyl (C=O) groups excluding carboxylic acids is 1. The highest BCUT2D eigenvalue weighted by atomic mass is 35.5. The predicted molar refractivity (Wildman–Crippen MR) is 96.0 cm³/mol. The fourth-order valence-electron chi connectivity index (χ4n) is 2.38. The molecular formula is C18H27Cl2NO. The molecule has 22 heavy (non-hydrogen) atoms. The van der Waals surface area contributed by atoms with Gasteiger partial charge in [-0.05, 0) is 24.6 Å². The molecule has 0 aliphatic heterocycles. The van der Waals surface area contributed by atoms with E-state index in [1.54, 1.807) is 18.2 Å². The van der Waals surface area contributed by atoms with Gasteiger partial charge < -0.3 is 5.32 Å². The minimum atomic E-state index is -0.0851. The zero-order valence-electron chi connectivity index (χ0n) is 13.5. The van der Waals surface area contributed by atoms with Crippen molar-refractivity contribution < 1.29 is 4.79 Å². The summed E-state index contributed by atoms with van der Waals surface area (Å²) in [5.74, 6) is -0.0851. The molecule has 0 spiro atoms. The molecule has 0 radical (unpaired) electrons. The molecule has 0 saturated heterocycles. The van der Waals surface area contributed by atoms with E-state index in [-0.39, 0.29) is 5.91 Å². The van der Waals surface area contributed by atoms with E-state index >= 15 is 0 Å². The molecule has 2 nitrogen and oxygen atoms in total. The highest BCUT2D eigenvalue weighted by molar-refractivity contribution is 6.42. The third-order valence-corrected chi connectivity index (χ3v) is 4.49. The van der Waals surface area contributed by atoms with Crippen molar-refractivity contribution in [2.45, 2.75) is 64.7 Å². The number of carbonyl (C=O) groups is 1. The first-order valence-corrected chi connectivity index (χ1v) is 9.14. The molecule has 0 heterocycles. The zero-order valence-corrected chi connectivity index (χ0v) is 15.0. The molecule has 0 bridgehead atoms. The average molecular weight is 344 g/mol. The summed E-state index contributed by atoms with van der Waals surface area (Å²) in [4.78, 5) is 11.9. The molecule has 0 aliphatic rings. The van der Waals surface area contributed by atoms with E-state index in [0.29, 0.717) is 15.6 Å². The second-order valence-corrected chi connectivity index (χ2v) is 6.53. The second-order valence-electron chi connectivity index (χ2n) is 5.71. The van der Waals surface area contributed by atoms with Gasteiger partial charge in [-0.15, -0.1) is 0 Å². The monoisotopic (exact) mass is 343 g/mol. The first-order valence-electron chi connectivity index (χ1n) is 8.38. The highest BCUT2D eigenvalue weighted by Crippen LogP contribution is 2.22. The van der Waals surface area contributed by atoms with Gasteiger partial charge in [-0.3, -0.25) is 4.79 Å². The van der Waals surface area contributed by atoms with Crippen molar-refractivity contribution in [2.75, 3.05) is 6.54 Å². The van der Waals surface area contributed by atoms with Gasteiger partial charge in [0.15, 0.2) is 0 Å². The number of hydrogen-bond acceptors (Lipinski definition) is 1. The summed E-state index contributed by atoms with van der Waals surface area (Å²) in [5.41, 5.74) is 0.560. The molecule has 0 saturated carbocycles. The predicted octanol–water partition coefficient (Wildman–Crippen LogP) is 6.25. The van der Waals surface area contributed by atoms with Crippen LogP contribution in [0.15, 0.2) is 18.2 Å². The topological polar surface area (TPSA) is 29.1 Å². The van der Waals surface area contributed by atoms with Crippen LogP contribution in [0, 0.1) is 0 Å². The van der Waals surface area contributed by atoms with Gasteiger partial charge in [0.2, 0.25) is 0 Å². The van der Waals surface area contributed by atoms with Gasteiger partial charge in [-0.25, -0.2) is 0 Å². The first kappa shape index (κ1) is 19.3. The van der Waals surface area contributed by atoms with Crippen molar-refractivity contribution in [1.82, 2.24) is 5.32 Å². The Bertz CT molecular complexity index is 449. The van der Waals surface area contributed by atoms with Gasteiger partial charge in [-0.1, -0.05) is 81.5 Å². The van der Waals surface area contributed by atoms with E-state index in [4.69, 9.17) is 23.2 Å². The molecule has 1 amide bonds. The van der Waals surface area contributed by atoms with Gasteiger partial charge in [-0.2, -0.15) is 0 Å². The summed E-state index contributed by atoms with van der Waals surface area (Å²) in [5, 5.41) is 3.81. The SMILES string of the molecule is CCCCCCCCCCCNC(=O)c1ccc(Cl)c(Cl)c1.